The van der Waals surface area contributed by atoms with Gasteiger partial charge in [-0.3, -0.25) is 14.5 Å². The van der Waals surface area contributed by atoms with Crippen molar-refractivity contribution in [1.82, 2.24) is 19.7 Å². The number of aromatic nitrogens is 1. The van der Waals surface area contributed by atoms with Gasteiger partial charge in [0, 0.05) is 26.0 Å². The lowest BCUT2D eigenvalue weighted by atomic mass is 9.92. The van der Waals surface area contributed by atoms with Gasteiger partial charge in [-0.05, 0) is 24.6 Å². The average molecular weight is 354 g/mol. The second-order valence-corrected chi connectivity index (χ2v) is 6.67. The third-order valence-electron chi connectivity index (χ3n) is 4.80. The van der Waals surface area contributed by atoms with Gasteiger partial charge in [0.05, 0.1) is 6.54 Å². The topological polar surface area (TPSA) is 74.7 Å². The Labute approximate surface area is 152 Å². The second kappa shape index (κ2) is 6.67. The van der Waals surface area contributed by atoms with Gasteiger partial charge in [-0.25, -0.2) is 4.79 Å². The van der Waals surface area contributed by atoms with Gasteiger partial charge in [0.15, 0.2) is 0 Å². The first kappa shape index (κ1) is 17.7. The van der Waals surface area contributed by atoms with E-state index >= 15 is 0 Å². The van der Waals surface area contributed by atoms with E-state index in [9.17, 15) is 14.4 Å². The monoisotopic (exact) mass is 354 g/mol. The number of benzene rings is 1. The van der Waals surface area contributed by atoms with Crippen molar-refractivity contribution in [3.63, 3.8) is 0 Å². The molecule has 26 heavy (non-hydrogen) atoms. The number of carbonyl (C=O) groups is 3. The van der Waals surface area contributed by atoms with Gasteiger partial charge in [-0.2, -0.15) is 0 Å². The number of hydrogen-bond acceptors (Lipinski definition) is 3. The van der Waals surface area contributed by atoms with Crippen LogP contribution in [0.25, 0.3) is 0 Å². The van der Waals surface area contributed by atoms with Gasteiger partial charge < -0.3 is 14.8 Å². The maximum atomic E-state index is 12.8. The van der Waals surface area contributed by atoms with E-state index in [1.165, 1.54) is 4.90 Å². The fraction of sp³-hybridized carbons (Fsp3) is 0.316. The van der Waals surface area contributed by atoms with E-state index in [0.717, 1.165) is 10.6 Å². The van der Waals surface area contributed by atoms with Crippen LogP contribution in [-0.4, -0.2) is 45.8 Å². The molecule has 0 aliphatic carbocycles. The molecular weight excluding hydrogens is 332 g/mol. The summed E-state index contributed by atoms with van der Waals surface area (Å²) in [5.74, 6) is -0.721. The van der Waals surface area contributed by atoms with Crippen LogP contribution in [0.2, 0.25) is 0 Å². The molecule has 1 aliphatic heterocycles. The molecule has 2 heterocycles. The normalized spacial score (nSPS) is 19.6. The predicted octanol–water partition coefficient (Wildman–Crippen LogP) is 1.45. The quantitative estimate of drug-likeness (QED) is 0.826. The molecule has 3 rings (SSSR count). The van der Waals surface area contributed by atoms with E-state index in [1.54, 1.807) is 26.1 Å². The van der Waals surface area contributed by atoms with Gasteiger partial charge in [-0.1, -0.05) is 30.3 Å². The van der Waals surface area contributed by atoms with Crippen LogP contribution in [0.3, 0.4) is 0 Å². The lowest BCUT2D eigenvalue weighted by molar-refractivity contribution is -0.138. The van der Waals surface area contributed by atoms with Gasteiger partial charge in [0.2, 0.25) is 5.91 Å². The second-order valence-electron chi connectivity index (χ2n) is 6.67. The zero-order valence-corrected chi connectivity index (χ0v) is 15.1. The molecule has 7 heteroatoms. The SMILES string of the molecule is CN(Cc1cccn1C)C(=O)CN1C(=O)N[C@](C)(c2ccccc2)C1=O. The third kappa shape index (κ3) is 3.08. The Morgan fingerprint density at radius 3 is 2.46 bits per heavy atom. The highest BCUT2D eigenvalue weighted by atomic mass is 16.2. The molecule has 1 aromatic carbocycles. The first-order chi connectivity index (χ1) is 12.3. The number of nitrogens with one attached hydrogen (secondary N) is 1. The predicted molar refractivity (Wildman–Crippen MR) is 95.9 cm³/mol. The van der Waals surface area contributed by atoms with Crippen molar-refractivity contribution in [2.45, 2.75) is 19.0 Å². The minimum absolute atomic E-state index is 0.284. The molecule has 2 aromatic rings. The third-order valence-corrected chi connectivity index (χ3v) is 4.80. The van der Waals surface area contributed by atoms with E-state index in [4.69, 9.17) is 0 Å². The minimum atomic E-state index is -1.16. The summed E-state index contributed by atoms with van der Waals surface area (Å²) in [6.45, 7) is 1.77. The molecule has 7 nitrogen and oxygen atoms in total. The number of nitrogens with zero attached hydrogens (tertiary/aromatic N) is 3. The maximum absolute atomic E-state index is 12.8. The molecule has 4 amide bonds. The smallest absolute Gasteiger partial charge is 0.325 e. The first-order valence-electron chi connectivity index (χ1n) is 8.37. The van der Waals surface area contributed by atoms with Crippen molar-refractivity contribution < 1.29 is 14.4 Å². The highest BCUT2D eigenvalue weighted by molar-refractivity contribution is 6.09. The Morgan fingerprint density at radius 1 is 1.15 bits per heavy atom. The lowest BCUT2D eigenvalue weighted by Crippen LogP contribution is -2.43. The van der Waals surface area contributed by atoms with Gasteiger partial charge in [0.1, 0.15) is 12.1 Å². The van der Waals surface area contributed by atoms with Gasteiger partial charge in [0.25, 0.3) is 5.91 Å². The summed E-state index contributed by atoms with van der Waals surface area (Å²) in [5, 5.41) is 2.71. The molecular formula is C19H22N4O3. The van der Waals surface area contributed by atoms with Crippen LogP contribution in [0.1, 0.15) is 18.2 Å². The van der Waals surface area contributed by atoms with Crippen LogP contribution in [0, 0.1) is 0 Å². The first-order valence-corrected chi connectivity index (χ1v) is 8.37. The van der Waals surface area contributed by atoms with Crippen molar-refractivity contribution in [3.05, 3.63) is 59.9 Å². The van der Waals surface area contributed by atoms with Crippen LogP contribution in [0.5, 0.6) is 0 Å². The number of imide groups is 1. The summed E-state index contributed by atoms with van der Waals surface area (Å²) < 4.78 is 1.92. The molecule has 0 radical (unpaired) electrons. The number of amides is 4. The van der Waals surface area contributed by atoms with Gasteiger partial charge >= 0.3 is 6.03 Å². The number of likely N-dealkylation sites (N-methyl/N-ethyl adjacent to an activating group) is 1. The number of aryl methyl sites for hydroxylation is 1. The van der Waals surface area contributed by atoms with Crippen molar-refractivity contribution >= 4 is 17.8 Å². The van der Waals surface area contributed by atoms with E-state index < -0.39 is 17.5 Å². The van der Waals surface area contributed by atoms with E-state index in [1.807, 2.05) is 48.1 Å². The molecule has 1 aromatic heterocycles. The number of rotatable bonds is 5. The molecule has 0 unspecified atom stereocenters. The standard InChI is InChI=1S/C19H22N4O3/c1-19(14-8-5-4-6-9-14)17(25)23(18(26)20-19)13-16(24)22(3)12-15-10-7-11-21(15)2/h4-11H,12-13H2,1-3H3,(H,20,26)/t19-/m1/s1. The summed E-state index contributed by atoms with van der Waals surface area (Å²) in [6.07, 6.45) is 1.90. The summed E-state index contributed by atoms with van der Waals surface area (Å²) >= 11 is 0. The number of carbonyl (C=O) groups excluding carboxylic acids is 3. The molecule has 0 saturated carbocycles. The maximum Gasteiger partial charge on any atom is 0.325 e. The fourth-order valence-corrected chi connectivity index (χ4v) is 3.06. The van der Waals surface area contributed by atoms with Crippen molar-refractivity contribution in [1.29, 1.82) is 0 Å². The molecule has 1 N–H and O–H groups in total. The molecule has 0 bridgehead atoms. The summed E-state index contributed by atoms with van der Waals surface area (Å²) in [5.41, 5.74) is 0.493. The summed E-state index contributed by atoms with van der Waals surface area (Å²) in [4.78, 5) is 40.2. The molecule has 136 valence electrons. The fourth-order valence-electron chi connectivity index (χ4n) is 3.06. The molecule has 1 saturated heterocycles. The molecule has 1 atom stereocenters. The zero-order chi connectivity index (χ0) is 18.9. The average Bonchev–Trinajstić information content (AvgIpc) is 3.12. The Bertz CT molecular complexity index is 845. The van der Waals surface area contributed by atoms with Crippen LogP contribution < -0.4 is 5.32 Å². The van der Waals surface area contributed by atoms with Crippen LogP contribution in [0.15, 0.2) is 48.7 Å². The van der Waals surface area contributed by atoms with Crippen molar-refractivity contribution in [2.75, 3.05) is 13.6 Å². The molecule has 1 fully saturated rings. The Morgan fingerprint density at radius 2 is 1.85 bits per heavy atom. The largest absolute Gasteiger partial charge is 0.353 e. The minimum Gasteiger partial charge on any atom is -0.353 e. The summed E-state index contributed by atoms with van der Waals surface area (Å²) in [6, 6.07) is 12.3. The van der Waals surface area contributed by atoms with Crippen LogP contribution >= 0.6 is 0 Å². The molecule has 0 spiro atoms. The van der Waals surface area contributed by atoms with E-state index in [-0.39, 0.29) is 12.5 Å². The Balaban J connectivity index is 1.71. The zero-order valence-electron chi connectivity index (χ0n) is 15.1. The molecule has 1 aliphatic rings. The van der Waals surface area contributed by atoms with E-state index in [0.29, 0.717) is 12.1 Å². The summed E-state index contributed by atoms with van der Waals surface area (Å²) in [7, 11) is 3.56. The van der Waals surface area contributed by atoms with Crippen molar-refractivity contribution in [3.8, 4) is 0 Å². The number of hydrogen-bond donors (Lipinski definition) is 1. The Kier molecular flexibility index (Phi) is 4.54. The van der Waals surface area contributed by atoms with Gasteiger partial charge in [-0.15, -0.1) is 0 Å². The lowest BCUT2D eigenvalue weighted by Gasteiger charge is -2.23. The van der Waals surface area contributed by atoms with Crippen LogP contribution in [-0.2, 0) is 28.7 Å². The van der Waals surface area contributed by atoms with E-state index in [2.05, 4.69) is 5.32 Å². The highest BCUT2D eigenvalue weighted by Gasteiger charge is 2.49. The Hall–Kier alpha value is -3.09. The van der Waals surface area contributed by atoms with Crippen molar-refractivity contribution in [2.24, 2.45) is 7.05 Å². The highest BCUT2D eigenvalue weighted by Crippen LogP contribution is 2.28. The number of urea groups is 1. The van der Waals surface area contributed by atoms with Crippen LogP contribution in [0.4, 0.5) is 4.79 Å².